The second kappa shape index (κ2) is 4.58. The summed E-state index contributed by atoms with van der Waals surface area (Å²) in [6, 6.07) is 0.734. The number of rotatable bonds is 4. The van der Waals surface area contributed by atoms with E-state index in [0.717, 1.165) is 12.4 Å². The van der Waals surface area contributed by atoms with Gasteiger partial charge in [-0.1, -0.05) is 0 Å². The average molecular weight is 212 g/mol. The molecule has 0 saturated carbocycles. The number of hydrogen-bond donors (Lipinski definition) is 0. The van der Waals surface area contributed by atoms with Crippen molar-refractivity contribution in [3.05, 3.63) is 12.4 Å². The molecule has 0 fully saturated rings. The molecule has 4 nitrogen and oxygen atoms in total. The molecule has 1 aromatic heterocycles. The summed E-state index contributed by atoms with van der Waals surface area (Å²) in [4.78, 5) is 6.50. The van der Waals surface area contributed by atoms with Crippen LogP contribution in [0.25, 0.3) is 0 Å². The monoisotopic (exact) mass is 212 g/mol. The van der Waals surface area contributed by atoms with Crippen molar-refractivity contribution in [3.63, 3.8) is 0 Å². The zero-order chi connectivity index (χ0) is 10.6. The van der Waals surface area contributed by atoms with E-state index in [1.165, 1.54) is 0 Å². The maximum atomic E-state index is 11.6. The maximum Gasteiger partial charge on any atom is 0.388 e. The zero-order valence-electron chi connectivity index (χ0n) is 6.53. The van der Waals surface area contributed by atoms with E-state index in [4.69, 9.17) is 0 Å². The van der Waals surface area contributed by atoms with Gasteiger partial charge < -0.3 is 9.47 Å². The van der Waals surface area contributed by atoms with Gasteiger partial charge in [0.2, 0.25) is 11.8 Å². The van der Waals surface area contributed by atoms with E-state index < -0.39 is 25.0 Å². The van der Waals surface area contributed by atoms with Crippen LogP contribution in [0.2, 0.25) is 0 Å². The molecule has 0 aromatic carbocycles. The van der Waals surface area contributed by atoms with E-state index in [1.807, 2.05) is 0 Å². The third-order valence-electron chi connectivity index (χ3n) is 1.04. The SMILES string of the molecule is FC(F)Oc1cc(OC(F)F)ncn1. The Morgan fingerprint density at radius 2 is 1.36 bits per heavy atom. The Hall–Kier alpha value is -1.60. The minimum Gasteiger partial charge on any atom is -0.417 e. The summed E-state index contributed by atoms with van der Waals surface area (Å²) in [5, 5.41) is 0. The zero-order valence-corrected chi connectivity index (χ0v) is 6.53. The van der Waals surface area contributed by atoms with Gasteiger partial charge in [0.25, 0.3) is 0 Å². The van der Waals surface area contributed by atoms with E-state index in [2.05, 4.69) is 19.4 Å². The maximum absolute atomic E-state index is 11.6. The first-order valence-corrected chi connectivity index (χ1v) is 3.29. The highest BCUT2D eigenvalue weighted by Gasteiger charge is 2.10. The van der Waals surface area contributed by atoms with Crippen molar-refractivity contribution in [2.75, 3.05) is 0 Å². The summed E-state index contributed by atoms with van der Waals surface area (Å²) in [5.74, 6) is -1.07. The summed E-state index contributed by atoms with van der Waals surface area (Å²) in [5.41, 5.74) is 0. The first-order valence-electron chi connectivity index (χ1n) is 3.29. The first kappa shape index (κ1) is 10.5. The second-order valence-corrected chi connectivity index (χ2v) is 1.95. The molecule has 8 heteroatoms. The topological polar surface area (TPSA) is 44.2 Å². The van der Waals surface area contributed by atoms with Crippen molar-refractivity contribution in [3.8, 4) is 11.8 Å². The van der Waals surface area contributed by atoms with Gasteiger partial charge in [-0.05, 0) is 0 Å². The quantitative estimate of drug-likeness (QED) is 0.712. The van der Waals surface area contributed by atoms with Crippen LogP contribution >= 0.6 is 0 Å². The predicted octanol–water partition coefficient (Wildman–Crippen LogP) is 1.68. The Morgan fingerprint density at radius 3 is 1.71 bits per heavy atom. The molecule has 0 bridgehead atoms. The first-order chi connectivity index (χ1) is 6.58. The Bertz CT molecular complexity index is 272. The van der Waals surface area contributed by atoms with Gasteiger partial charge in [0.15, 0.2) is 0 Å². The highest BCUT2D eigenvalue weighted by molar-refractivity contribution is 5.18. The van der Waals surface area contributed by atoms with Gasteiger partial charge in [-0.3, -0.25) is 0 Å². The van der Waals surface area contributed by atoms with Gasteiger partial charge in [-0.15, -0.1) is 0 Å². The normalized spacial score (nSPS) is 10.7. The molecule has 1 heterocycles. The van der Waals surface area contributed by atoms with E-state index in [0.29, 0.717) is 0 Å². The van der Waals surface area contributed by atoms with Gasteiger partial charge in [-0.25, -0.2) is 9.97 Å². The third kappa shape index (κ3) is 3.42. The van der Waals surface area contributed by atoms with Crippen LogP contribution in [-0.2, 0) is 0 Å². The van der Waals surface area contributed by atoms with Crippen molar-refractivity contribution in [2.24, 2.45) is 0 Å². The van der Waals surface area contributed by atoms with Crippen molar-refractivity contribution in [2.45, 2.75) is 13.2 Å². The lowest BCUT2D eigenvalue weighted by molar-refractivity contribution is -0.0581. The van der Waals surface area contributed by atoms with Crippen LogP contribution in [0.1, 0.15) is 0 Å². The Kier molecular flexibility index (Phi) is 3.43. The molecule has 1 aromatic rings. The molecule has 14 heavy (non-hydrogen) atoms. The molecule has 0 N–H and O–H groups in total. The number of hydrogen-bond acceptors (Lipinski definition) is 4. The lowest BCUT2D eigenvalue weighted by atomic mass is 10.6. The number of alkyl halides is 4. The standard InChI is InChI=1S/C6H4F4N2O2/c7-5(8)13-3-1-4(12-2-11-3)14-6(9)10/h1-2,5-6H. The third-order valence-corrected chi connectivity index (χ3v) is 1.04. The van der Waals surface area contributed by atoms with Crippen molar-refractivity contribution < 1.29 is 27.0 Å². The number of ether oxygens (including phenoxy) is 2. The lowest BCUT2D eigenvalue weighted by Crippen LogP contribution is -2.06. The highest BCUT2D eigenvalue weighted by Crippen LogP contribution is 2.16. The van der Waals surface area contributed by atoms with Crippen LogP contribution in [0.5, 0.6) is 11.8 Å². The molecule has 0 spiro atoms. The summed E-state index contributed by atoms with van der Waals surface area (Å²) < 4.78 is 54.2. The Labute approximate surface area is 75.5 Å². The number of aromatic nitrogens is 2. The van der Waals surface area contributed by atoms with Crippen LogP contribution in [0.4, 0.5) is 17.6 Å². The summed E-state index contributed by atoms with van der Waals surface area (Å²) in [7, 11) is 0. The van der Waals surface area contributed by atoms with Gasteiger partial charge in [0.05, 0.1) is 6.07 Å². The summed E-state index contributed by atoms with van der Waals surface area (Å²) >= 11 is 0. The molecular formula is C6H4F4N2O2. The molecule has 0 unspecified atom stereocenters. The molecule has 0 radical (unpaired) electrons. The minimum atomic E-state index is -3.08. The minimum absolute atomic E-state index is 0.536. The molecule has 0 aliphatic rings. The summed E-state index contributed by atoms with van der Waals surface area (Å²) in [6.07, 6.45) is 0.773. The van der Waals surface area contributed by atoms with Crippen molar-refractivity contribution in [1.82, 2.24) is 9.97 Å². The molecule has 0 aliphatic carbocycles. The fourth-order valence-electron chi connectivity index (χ4n) is 0.634. The van der Waals surface area contributed by atoms with E-state index in [1.54, 1.807) is 0 Å². The molecule has 0 aliphatic heterocycles. The van der Waals surface area contributed by atoms with E-state index in [9.17, 15) is 17.6 Å². The van der Waals surface area contributed by atoms with Crippen LogP contribution in [0.3, 0.4) is 0 Å². The van der Waals surface area contributed by atoms with E-state index in [-0.39, 0.29) is 0 Å². The summed E-state index contributed by atoms with van der Waals surface area (Å²) in [6.45, 7) is -6.16. The average Bonchev–Trinajstić information content (AvgIpc) is 2.01. The fraction of sp³-hybridized carbons (Fsp3) is 0.333. The second-order valence-electron chi connectivity index (χ2n) is 1.95. The number of nitrogens with zero attached hydrogens (tertiary/aromatic N) is 2. The van der Waals surface area contributed by atoms with Gasteiger partial charge in [0, 0.05) is 0 Å². The predicted molar refractivity (Wildman–Crippen MR) is 35.3 cm³/mol. The van der Waals surface area contributed by atoms with Gasteiger partial charge in [-0.2, -0.15) is 17.6 Å². The number of halogens is 4. The Morgan fingerprint density at radius 1 is 0.929 bits per heavy atom. The molecule has 0 saturated heterocycles. The van der Waals surface area contributed by atoms with Crippen molar-refractivity contribution in [1.29, 1.82) is 0 Å². The molecule has 0 atom stereocenters. The van der Waals surface area contributed by atoms with Crippen LogP contribution in [0, 0.1) is 0 Å². The lowest BCUT2D eigenvalue weighted by Gasteiger charge is -2.05. The van der Waals surface area contributed by atoms with Crippen LogP contribution in [0.15, 0.2) is 12.4 Å². The molecule has 1 rings (SSSR count). The molecular weight excluding hydrogens is 208 g/mol. The van der Waals surface area contributed by atoms with Crippen molar-refractivity contribution >= 4 is 0 Å². The fourth-order valence-corrected chi connectivity index (χ4v) is 0.634. The molecule has 0 amide bonds. The van der Waals surface area contributed by atoms with E-state index >= 15 is 0 Å². The van der Waals surface area contributed by atoms with Gasteiger partial charge >= 0.3 is 13.2 Å². The molecule has 78 valence electrons. The smallest absolute Gasteiger partial charge is 0.388 e. The van der Waals surface area contributed by atoms with Crippen LogP contribution < -0.4 is 9.47 Å². The Balaban J connectivity index is 2.68. The van der Waals surface area contributed by atoms with Crippen LogP contribution in [-0.4, -0.2) is 23.2 Å². The van der Waals surface area contributed by atoms with Gasteiger partial charge in [0.1, 0.15) is 6.33 Å². The highest BCUT2D eigenvalue weighted by atomic mass is 19.3. The largest absolute Gasteiger partial charge is 0.417 e.